The SMILES string of the molecule is O=[N+]([O-])c1ccc(S(=O)(=O)NC2CNOC2)cc1. The van der Waals surface area contributed by atoms with E-state index in [2.05, 4.69) is 10.2 Å². The summed E-state index contributed by atoms with van der Waals surface area (Å²) in [6.07, 6.45) is 0. The quantitative estimate of drug-likeness (QED) is 0.579. The van der Waals surface area contributed by atoms with E-state index in [4.69, 9.17) is 4.84 Å². The zero-order valence-corrected chi connectivity index (χ0v) is 10.0. The highest BCUT2D eigenvalue weighted by Crippen LogP contribution is 2.16. The van der Waals surface area contributed by atoms with Gasteiger partial charge in [-0.15, -0.1) is 0 Å². The molecule has 1 aliphatic heterocycles. The summed E-state index contributed by atoms with van der Waals surface area (Å²) in [6.45, 7) is 0.623. The molecular formula is C9H11N3O5S. The van der Waals surface area contributed by atoms with Crippen LogP contribution in [0.5, 0.6) is 0 Å². The Balaban J connectivity index is 2.16. The molecule has 1 aromatic carbocycles. The number of non-ortho nitro benzene ring substituents is 1. The van der Waals surface area contributed by atoms with E-state index in [1.807, 2.05) is 0 Å². The average molecular weight is 273 g/mol. The second-order valence-corrected chi connectivity index (χ2v) is 5.44. The topological polar surface area (TPSA) is 111 Å². The molecule has 0 aromatic heterocycles. The standard InChI is InChI=1S/C9H11N3O5S/c13-12(14)8-1-3-9(4-2-8)18(15,16)11-7-5-10-17-6-7/h1-4,7,10-11H,5-6H2. The first kappa shape index (κ1) is 12.9. The van der Waals surface area contributed by atoms with Gasteiger partial charge in [0.05, 0.1) is 22.5 Å². The van der Waals surface area contributed by atoms with Gasteiger partial charge in [0.15, 0.2) is 0 Å². The van der Waals surface area contributed by atoms with Crippen LogP contribution < -0.4 is 10.2 Å². The fourth-order valence-electron chi connectivity index (χ4n) is 1.49. The summed E-state index contributed by atoms with van der Waals surface area (Å²) in [5, 5.41) is 10.5. The molecule has 1 heterocycles. The van der Waals surface area contributed by atoms with Gasteiger partial charge < -0.3 is 4.84 Å². The lowest BCUT2D eigenvalue weighted by Crippen LogP contribution is -2.37. The molecular weight excluding hydrogens is 262 g/mol. The molecule has 0 amide bonds. The minimum atomic E-state index is -3.68. The van der Waals surface area contributed by atoms with Crippen LogP contribution in [0, 0.1) is 10.1 Å². The average Bonchev–Trinajstić information content (AvgIpc) is 2.81. The molecule has 1 aliphatic rings. The predicted molar refractivity (Wildman–Crippen MR) is 61.2 cm³/mol. The Kier molecular flexibility index (Phi) is 3.57. The van der Waals surface area contributed by atoms with E-state index in [-0.39, 0.29) is 23.2 Å². The third-order valence-electron chi connectivity index (χ3n) is 2.40. The van der Waals surface area contributed by atoms with Crippen LogP contribution in [0.2, 0.25) is 0 Å². The first-order valence-corrected chi connectivity index (χ1v) is 6.59. The Bertz CT molecular complexity index is 536. The van der Waals surface area contributed by atoms with E-state index in [1.54, 1.807) is 0 Å². The number of nitro benzene ring substituents is 1. The first-order chi connectivity index (χ1) is 8.49. The van der Waals surface area contributed by atoms with Crippen molar-refractivity contribution >= 4 is 15.7 Å². The molecule has 2 N–H and O–H groups in total. The lowest BCUT2D eigenvalue weighted by molar-refractivity contribution is -0.384. The highest BCUT2D eigenvalue weighted by atomic mass is 32.2. The summed E-state index contributed by atoms with van der Waals surface area (Å²) in [5.74, 6) is 0. The number of nitro groups is 1. The van der Waals surface area contributed by atoms with Crippen molar-refractivity contribution in [1.29, 1.82) is 0 Å². The van der Waals surface area contributed by atoms with E-state index in [0.29, 0.717) is 6.54 Å². The molecule has 0 radical (unpaired) electrons. The van der Waals surface area contributed by atoms with Gasteiger partial charge in [-0.05, 0) is 12.1 Å². The van der Waals surface area contributed by atoms with E-state index in [0.717, 1.165) is 12.1 Å². The van der Waals surface area contributed by atoms with Crippen LogP contribution in [0.3, 0.4) is 0 Å². The Morgan fingerprint density at radius 3 is 2.56 bits per heavy atom. The summed E-state index contributed by atoms with van der Waals surface area (Å²) < 4.78 is 26.2. The highest BCUT2D eigenvalue weighted by Gasteiger charge is 2.23. The third-order valence-corrected chi connectivity index (χ3v) is 3.93. The van der Waals surface area contributed by atoms with Gasteiger partial charge in [-0.2, -0.15) is 0 Å². The van der Waals surface area contributed by atoms with Gasteiger partial charge in [0.25, 0.3) is 5.69 Å². The van der Waals surface area contributed by atoms with Gasteiger partial charge in [0.2, 0.25) is 10.0 Å². The predicted octanol–water partition coefficient (Wildman–Crippen LogP) is -0.224. The van der Waals surface area contributed by atoms with Crippen LogP contribution in [0.15, 0.2) is 29.2 Å². The van der Waals surface area contributed by atoms with Crippen molar-refractivity contribution in [2.75, 3.05) is 13.2 Å². The van der Waals surface area contributed by atoms with Crippen molar-refractivity contribution in [3.63, 3.8) is 0 Å². The Labute approximate surface area is 103 Å². The molecule has 1 atom stereocenters. The minimum absolute atomic E-state index is 0.0139. The second-order valence-electron chi connectivity index (χ2n) is 3.73. The molecule has 1 unspecified atom stereocenters. The summed E-state index contributed by atoms with van der Waals surface area (Å²) in [7, 11) is -3.68. The van der Waals surface area contributed by atoms with Crippen LogP contribution in [-0.2, 0) is 14.9 Å². The maximum atomic E-state index is 11.9. The maximum absolute atomic E-state index is 11.9. The lowest BCUT2D eigenvalue weighted by Gasteiger charge is -2.10. The van der Waals surface area contributed by atoms with Crippen molar-refractivity contribution in [1.82, 2.24) is 10.2 Å². The normalized spacial score (nSPS) is 19.9. The monoisotopic (exact) mass is 273 g/mol. The molecule has 18 heavy (non-hydrogen) atoms. The van der Waals surface area contributed by atoms with E-state index in [1.165, 1.54) is 12.1 Å². The van der Waals surface area contributed by atoms with Crippen molar-refractivity contribution < 1.29 is 18.2 Å². The van der Waals surface area contributed by atoms with Gasteiger partial charge in [-0.25, -0.2) is 18.6 Å². The summed E-state index contributed by atoms with van der Waals surface area (Å²) >= 11 is 0. The molecule has 9 heteroatoms. The van der Waals surface area contributed by atoms with Gasteiger partial charge in [0.1, 0.15) is 0 Å². The zero-order valence-electron chi connectivity index (χ0n) is 9.20. The molecule has 1 fully saturated rings. The molecule has 8 nitrogen and oxygen atoms in total. The van der Waals surface area contributed by atoms with Gasteiger partial charge in [0, 0.05) is 18.7 Å². The number of rotatable bonds is 4. The highest BCUT2D eigenvalue weighted by molar-refractivity contribution is 7.89. The molecule has 0 bridgehead atoms. The molecule has 1 saturated heterocycles. The third kappa shape index (κ3) is 2.82. The molecule has 0 aliphatic carbocycles. The van der Waals surface area contributed by atoms with Crippen LogP contribution in [0.4, 0.5) is 5.69 Å². The van der Waals surface area contributed by atoms with Crippen LogP contribution in [0.25, 0.3) is 0 Å². The lowest BCUT2D eigenvalue weighted by atomic mass is 10.3. The van der Waals surface area contributed by atoms with E-state index >= 15 is 0 Å². The summed E-state index contributed by atoms with van der Waals surface area (Å²) in [6, 6.07) is 4.36. The minimum Gasteiger partial charge on any atom is -0.300 e. The number of sulfonamides is 1. The van der Waals surface area contributed by atoms with Crippen molar-refractivity contribution in [3.8, 4) is 0 Å². The number of hydrogen-bond acceptors (Lipinski definition) is 6. The number of hydroxylamine groups is 1. The van der Waals surface area contributed by atoms with E-state index in [9.17, 15) is 18.5 Å². The Hall–Kier alpha value is -1.55. The molecule has 2 rings (SSSR count). The van der Waals surface area contributed by atoms with Crippen LogP contribution in [0.1, 0.15) is 0 Å². The van der Waals surface area contributed by atoms with Crippen molar-refractivity contribution in [2.24, 2.45) is 0 Å². The zero-order chi connectivity index (χ0) is 13.2. The number of benzene rings is 1. The molecule has 98 valence electrons. The number of nitrogens with zero attached hydrogens (tertiary/aromatic N) is 1. The van der Waals surface area contributed by atoms with Crippen molar-refractivity contribution in [3.05, 3.63) is 34.4 Å². The molecule has 0 saturated carbocycles. The Morgan fingerprint density at radius 1 is 1.39 bits per heavy atom. The maximum Gasteiger partial charge on any atom is 0.269 e. The fraction of sp³-hybridized carbons (Fsp3) is 0.333. The summed E-state index contributed by atoms with van der Waals surface area (Å²) in [5.41, 5.74) is 2.40. The van der Waals surface area contributed by atoms with Gasteiger partial charge in [-0.3, -0.25) is 10.1 Å². The second kappa shape index (κ2) is 4.98. The van der Waals surface area contributed by atoms with Crippen LogP contribution >= 0.6 is 0 Å². The van der Waals surface area contributed by atoms with Gasteiger partial charge in [-0.1, -0.05) is 0 Å². The molecule has 0 spiro atoms. The number of hydrogen-bond donors (Lipinski definition) is 2. The van der Waals surface area contributed by atoms with Crippen LogP contribution in [-0.4, -0.2) is 32.5 Å². The van der Waals surface area contributed by atoms with E-state index < -0.39 is 14.9 Å². The molecule has 1 aromatic rings. The smallest absolute Gasteiger partial charge is 0.269 e. The number of nitrogens with one attached hydrogen (secondary N) is 2. The fourth-order valence-corrected chi connectivity index (χ4v) is 2.71. The largest absolute Gasteiger partial charge is 0.300 e. The first-order valence-electron chi connectivity index (χ1n) is 5.10. The Morgan fingerprint density at radius 2 is 2.06 bits per heavy atom. The summed E-state index contributed by atoms with van der Waals surface area (Å²) in [4.78, 5) is 14.7. The van der Waals surface area contributed by atoms with Gasteiger partial charge >= 0.3 is 0 Å². The van der Waals surface area contributed by atoms with Crippen molar-refractivity contribution in [2.45, 2.75) is 10.9 Å².